The molecule has 0 atom stereocenters. The minimum atomic E-state index is -4.74. The SMILES string of the molecule is CNC(=O)c1cc(F)ccc1Nc1cc(Cl)ncc1C(F)(F)F.CNC(=O)c1cc(F)ccc1Nc1cc(Nc2ccc3c(c2)NC(=O)C3)ncc1C(F)(F)F.Nc1ccc2c(c1)CC(=O)C2. The smallest absolute Gasteiger partial charge is 0.399 e. The highest BCUT2D eigenvalue weighted by atomic mass is 35.5. The Morgan fingerprint density at radius 3 is 1.73 bits per heavy atom. The van der Waals surface area contributed by atoms with Crippen molar-refractivity contribution in [1.29, 1.82) is 0 Å². The molecule has 3 heterocycles. The molecule has 2 aromatic heterocycles. The number of nitrogen functional groups attached to an aromatic ring is 1. The standard InChI is InChI=1S/C22H17F4N5O2.C14H10ClF4N3O.C9H9NO/c1-27-21(33)14-7-12(23)3-5-16(14)30-18-9-19(28-10-15(18)22(24,25)26)29-13-4-2-11-6-20(32)31-17(11)8-13;1-20-13(23)8-4-7(16)2-3-10(8)22-11-5-12(15)21-6-9(11)14(17,18)19;10-8-2-1-6-4-9(11)5-7(6)3-8/h2-5,7-10H,6H2,1H3,(H,27,33)(H,31,32)(H2,28,29,30);2-6H,1H3,(H,20,23)(H,21,22);1-3H,4-5,10H2. The number of nitrogens with zero attached hydrogens (tertiary/aromatic N) is 2. The van der Waals surface area contributed by atoms with Gasteiger partial charge < -0.3 is 37.6 Å². The summed E-state index contributed by atoms with van der Waals surface area (Å²) < 4.78 is 107. The first-order chi connectivity index (χ1) is 31.6. The molecule has 348 valence electrons. The zero-order valence-corrected chi connectivity index (χ0v) is 35.6. The van der Waals surface area contributed by atoms with Crippen molar-refractivity contribution >= 4 is 80.7 Å². The average molecular weight is 954 g/mol. The summed E-state index contributed by atoms with van der Waals surface area (Å²) in [7, 11) is 2.65. The zero-order valence-electron chi connectivity index (χ0n) is 34.9. The van der Waals surface area contributed by atoms with Crippen molar-refractivity contribution in [1.82, 2.24) is 20.6 Å². The number of fused-ring (bicyclic) bond motifs is 2. The molecule has 0 unspecified atom stereocenters. The molecule has 4 aromatic carbocycles. The topological polar surface area (TPSA) is 192 Å². The third kappa shape index (κ3) is 12.3. The van der Waals surface area contributed by atoms with Gasteiger partial charge in [-0.05, 0) is 83.4 Å². The normalized spacial score (nSPS) is 12.6. The van der Waals surface area contributed by atoms with Crippen molar-refractivity contribution in [3.8, 4) is 0 Å². The number of hydrogen-bond acceptors (Lipinski definition) is 10. The van der Waals surface area contributed by atoms with Gasteiger partial charge in [-0.15, -0.1) is 0 Å². The second-order valence-electron chi connectivity index (χ2n) is 14.6. The van der Waals surface area contributed by atoms with Gasteiger partial charge in [0.15, 0.2) is 0 Å². The fourth-order valence-electron chi connectivity index (χ4n) is 6.71. The Morgan fingerprint density at radius 1 is 0.627 bits per heavy atom. The van der Waals surface area contributed by atoms with E-state index in [0.717, 1.165) is 64.8 Å². The van der Waals surface area contributed by atoms with Crippen LogP contribution >= 0.6 is 11.6 Å². The molecule has 8 rings (SSSR count). The molecule has 67 heavy (non-hydrogen) atoms. The number of rotatable bonds is 8. The van der Waals surface area contributed by atoms with Gasteiger partial charge in [0.1, 0.15) is 28.4 Å². The van der Waals surface area contributed by atoms with Gasteiger partial charge in [0.25, 0.3) is 11.8 Å². The van der Waals surface area contributed by atoms with Crippen LogP contribution in [0.15, 0.2) is 97.3 Å². The van der Waals surface area contributed by atoms with Gasteiger partial charge in [0.2, 0.25) is 5.91 Å². The predicted molar refractivity (Wildman–Crippen MR) is 235 cm³/mol. The molecule has 1 aliphatic carbocycles. The lowest BCUT2D eigenvalue weighted by Crippen LogP contribution is -2.20. The van der Waals surface area contributed by atoms with Crippen LogP contribution in [0.3, 0.4) is 0 Å². The summed E-state index contributed by atoms with van der Waals surface area (Å²) in [6.07, 6.45) is -6.76. The van der Waals surface area contributed by atoms with Crippen molar-refractivity contribution in [2.24, 2.45) is 0 Å². The maximum absolute atomic E-state index is 13.6. The van der Waals surface area contributed by atoms with Gasteiger partial charge in [-0.25, -0.2) is 18.7 Å². The van der Waals surface area contributed by atoms with E-state index in [1.165, 1.54) is 20.2 Å². The van der Waals surface area contributed by atoms with Crippen LogP contribution in [0.25, 0.3) is 0 Å². The molecule has 0 radical (unpaired) electrons. The highest BCUT2D eigenvalue weighted by molar-refractivity contribution is 6.29. The van der Waals surface area contributed by atoms with Gasteiger partial charge in [0, 0.05) is 62.5 Å². The van der Waals surface area contributed by atoms with Crippen molar-refractivity contribution in [3.63, 3.8) is 0 Å². The number of ketones is 1. The van der Waals surface area contributed by atoms with Crippen LogP contribution in [0, 0.1) is 11.6 Å². The number of alkyl halides is 6. The fraction of sp³-hybridized carbons (Fsp3) is 0.156. The Bertz CT molecular complexity index is 2900. The number of benzene rings is 4. The Hall–Kier alpha value is -7.81. The number of carbonyl (C=O) groups excluding carboxylic acids is 4. The number of pyridine rings is 2. The number of halogens is 9. The molecule has 0 spiro atoms. The number of amides is 3. The number of nitrogens with one attached hydrogen (secondary N) is 6. The quantitative estimate of drug-likeness (QED) is 0.0439. The van der Waals surface area contributed by atoms with Crippen LogP contribution in [0.2, 0.25) is 5.15 Å². The predicted octanol–water partition coefficient (Wildman–Crippen LogP) is 9.51. The number of nitrogens with two attached hydrogens (primary N) is 1. The van der Waals surface area contributed by atoms with E-state index >= 15 is 0 Å². The first kappa shape index (κ1) is 48.6. The summed E-state index contributed by atoms with van der Waals surface area (Å²) in [5, 5.41) is 15.1. The maximum atomic E-state index is 13.6. The second-order valence-corrected chi connectivity index (χ2v) is 15.0. The Labute approximate surface area is 380 Å². The van der Waals surface area contributed by atoms with Crippen LogP contribution < -0.4 is 37.6 Å². The molecule has 0 saturated carbocycles. The first-order valence-electron chi connectivity index (χ1n) is 19.6. The van der Waals surface area contributed by atoms with Crippen LogP contribution in [0.1, 0.15) is 48.5 Å². The molecule has 22 heteroatoms. The summed E-state index contributed by atoms with van der Waals surface area (Å²) in [5.74, 6) is -2.50. The lowest BCUT2D eigenvalue weighted by molar-refractivity contribution is -0.138. The summed E-state index contributed by atoms with van der Waals surface area (Å²) in [4.78, 5) is 53.6. The van der Waals surface area contributed by atoms with Crippen LogP contribution in [-0.2, 0) is 41.2 Å². The molecule has 13 nitrogen and oxygen atoms in total. The molecule has 6 aromatic rings. The Kier molecular flexibility index (Phi) is 14.6. The van der Waals surface area contributed by atoms with E-state index in [1.807, 2.05) is 18.2 Å². The maximum Gasteiger partial charge on any atom is 0.419 e. The van der Waals surface area contributed by atoms with E-state index in [1.54, 1.807) is 18.2 Å². The monoisotopic (exact) mass is 953 g/mol. The van der Waals surface area contributed by atoms with Gasteiger partial charge in [-0.2, -0.15) is 26.3 Å². The fourth-order valence-corrected chi connectivity index (χ4v) is 6.87. The Balaban J connectivity index is 0.000000187. The first-order valence-corrected chi connectivity index (χ1v) is 20.0. The Morgan fingerprint density at radius 2 is 1.16 bits per heavy atom. The minimum Gasteiger partial charge on any atom is -0.399 e. The molecule has 0 bridgehead atoms. The van der Waals surface area contributed by atoms with E-state index < -0.39 is 52.6 Å². The number of carbonyl (C=O) groups is 4. The van der Waals surface area contributed by atoms with E-state index in [4.69, 9.17) is 17.3 Å². The van der Waals surface area contributed by atoms with E-state index in [9.17, 15) is 54.3 Å². The number of Topliss-reactive ketones (excluding diaryl/α,β-unsaturated/α-hetero) is 1. The van der Waals surface area contributed by atoms with Crippen molar-refractivity contribution in [3.05, 3.63) is 153 Å². The molecule has 3 amide bonds. The molecule has 8 N–H and O–H groups in total. The third-order valence-corrected chi connectivity index (χ3v) is 10.1. The largest absolute Gasteiger partial charge is 0.419 e. The second kappa shape index (κ2) is 20.1. The van der Waals surface area contributed by atoms with Crippen molar-refractivity contribution in [2.75, 3.05) is 41.1 Å². The molecular formula is C45H36ClF8N9O4. The summed E-state index contributed by atoms with van der Waals surface area (Å²) >= 11 is 5.63. The molecule has 1 aliphatic heterocycles. The summed E-state index contributed by atoms with van der Waals surface area (Å²) in [5.41, 5.74) is 7.26. The average Bonchev–Trinajstić information content (AvgIpc) is 3.83. The minimum absolute atomic E-state index is 0.00137. The lowest BCUT2D eigenvalue weighted by atomic mass is 10.1. The zero-order chi connectivity index (χ0) is 48.8. The number of aromatic nitrogens is 2. The number of hydrogen-bond donors (Lipinski definition) is 7. The van der Waals surface area contributed by atoms with Crippen LogP contribution in [-0.4, -0.2) is 47.6 Å². The van der Waals surface area contributed by atoms with Gasteiger partial charge in [-0.1, -0.05) is 23.7 Å². The van der Waals surface area contributed by atoms with Crippen molar-refractivity contribution < 1.29 is 54.3 Å². The van der Waals surface area contributed by atoms with Crippen molar-refractivity contribution in [2.45, 2.75) is 31.6 Å². The van der Waals surface area contributed by atoms with E-state index in [2.05, 4.69) is 41.9 Å². The molecule has 0 saturated heterocycles. The molecular weight excluding hydrogens is 918 g/mol. The van der Waals surface area contributed by atoms with Crippen LogP contribution in [0.5, 0.6) is 0 Å². The third-order valence-electron chi connectivity index (χ3n) is 9.84. The van der Waals surface area contributed by atoms with Gasteiger partial charge in [0.05, 0.1) is 51.4 Å². The van der Waals surface area contributed by atoms with Gasteiger partial charge >= 0.3 is 12.4 Å². The van der Waals surface area contributed by atoms with Crippen LogP contribution in [0.4, 0.5) is 80.8 Å². The highest BCUT2D eigenvalue weighted by Crippen LogP contribution is 2.39. The summed E-state index contributed by atoms with van der Waals surface area (Å²) in [6, 6.07) is 19.1. The van der Waals surface area contributed by atoms with E-state index in [0.29, 0.717) is 42.4 Å². The molecule has 2 aliphatic rings. The lowest BCUT2D eigenvalue weighted by Gasteiger charge is -2.18. The number of anilines is 8. The molecule has 0 fully saturated rings. The van der Waals surface area contributed by atoms with E-state index in [-0.39, 0.29) is 51.5 Å². The highest BCUT2D eigenvalue weighted by Gasteiger charge is 2.36. The van der Waals surface area contributed by atoms with Gasteiger partial charge in [-0.3, -0.25) is 19.2 Å². The summed E-state index contributed by atoms with van der Waals surface area (Å²) in [6.45, 7) is 0.